The molecule has 3 rings (SSSR count). The van der Waals surface area contributed by atoms with Crippen LogP contribution in [0.4, 0.5) is 13.2 Å². The topological polar surface area (TPSA) is 51.3 Å². The zero-order valence-corrected chi connectivity index (χ0v) is 18.2. The van der Waals surface area contributed by atoms with Gasteiger partial charge in [0, 0.05) is 28.9 Å². The molecule has 0 atom stereocenters. The number of pyridine rings is 1. The second-order valence-electron chi connectivity index (χ2n) is 6.75. The third kappa shape index (κ3) is 6.64. The lowest BCUT2D eigenvalue weighted by Crippen LogP contribution is -2.17. The molecule has 3 aromatic rings. The summed E-state index contributed by atoms with van der Waals surface area (Å²) in [5.74, 6) is 0.604. The standard InChI is InChI=1S/C22H20F3NO3.C2H6/c1-13-14(2)26-15(3)20(21(13)27)12-16-4-6-17(7-5-16)28-18-8-10-19(11-9-18)29-22(23,24)25;1-2/h4-11H,12H2,1-3H3,(H,26,27);1-2H3. The van der Waals surface area contributed by atoms with Gasteiger partial charge in [0.1, 0.15) is 17.2 Å². The number of benzene rings is 2. The molecule has 0 amide bonds. The fourth-order valence-corrected chi connectivity index (χ4v) is 2.96. The molecular formula is C24H26F3NO3. The van der Waals surface area contributed by atoms with Gasteiger partial charge in [-0.25, -0.2) is 0 Å². The smallest absolute Gasteiger partial charge is 0.457 e. The Labute approximate surface area is 179 Å². The first kappa shape index (κ1) is 24.1. The van der Waals surface area contributed by atoms with E-state index in [1.165, 1.54) is 24.3 Å². The molecule has 0 aliphatic carbocycles. The average molecular weight is 433 g/mol. The molecule has 0 aliphatic heterocycles. The molecule has 1 aromatic heterocycles. The Bertz CT molecular complexity index is 1050. The van der Waals surface area contributed by atoms with Gasteiger partial charge in [0.2, 0.25) is 0 Å². The highest BCUT2D eigenvalue weighted by Gasteiger charge is 2.30. The summed E-state index contributed by atoms with van der Waals surface area (Å²) < 4.78 is 46.1. The van der Waals surface area contributed by atoms with Crippen molar-refractivity contribution in [3.63, 3.8) is 0 Å². The van der Waals surface area contributed by atoms with Crippen LogP contribution >= 0.6 is 0 Å². The third-order valence-corrected chi connectivity index (χ3v) is 4.60. The van der Waals surface area contributed by atoms with Crippen LogP contribution in [0, 0.1) is 20.8 Å². The summed E-state index contributed by atoms with van der Waals surface area (Å²) in [6.45, 7) is 9.56. The van der Waals surface area contributed by atoms with Crippen molar-refractivity contribution in [3.05, 3.63) is 86.8 Å². The van der Waals surface area contributed by atoms with E-state index in [2.05, 4.69) is 9.72 Å². The lowest BCUT2D eigenvalue weighted by Gasteiger charge is -2.11. The predicted molar refractivity (Wildman–Crippen MR) is 115 cm³/mol. The van der Waals surface area contributed by atoms with Crippen LogP contribution in [0.2, 0.25) is 0 Å². The van der Waals surface area contributed by atoms with Crippen LogP contribution < -0.4 is 14.9 Å². The zero-order valence-electron chi connectivity index (χ0n) is 18.2. The van der Waals surface area contributed by atoms with E-state index in [-0.39, 0.29) is 11.2 Å². The molecule has 0 aliphatic rings. The SMILES string of the molecule is CC.Cc1[nH]c(C)c(Cc2ccc(Oc3ccc(OC(F)(F)F)cc3)cc2)c(=O)c1C. The highest BCUT2D eigenvalue weighted by Crippen LogP contribution is 2.27. The lowest BCUT2D eigenvalue weighted by molar-refractivity contribution is -0.274. The number of hydrogen-bond acceptors (Lipinski definition) is 3. The summed E-state index contributed by atoms with van der Waals surface area (Å²) in [6, 6.07) is 12.4. The molecule has 0 saturated carbocycles. The van der Waals surface area contributed by atoms with Gasteiger partial charge in [0.15, 0.2) is 5.43 Å². The molecule has 31 heavy (non-hydrogen) atoms. The summed E-state index contributed by atoms with van der Waals surface area (Å²) >= 11 is 0. The fraction of sp³-hybridized carbons (Fsp3) is 0.292. The maximum Gasteiger partial charge on any atom is 0.573 e. The molecule has 0 fully saturated rings. The normalized spacial score (nSPS) is 10.8. The van der Waals surface area contributed by atoms with Crippen molar-refractivity contribution in [2.24, 2.45) is 0 Å². The molecule has 1 heterocycles. The van der Waals surface area contributed by atoms with Crippen LogP contribution in [0.25, 0.3) is 0 Å². The highest BCUT2D eigenvalue weighted by molar-refractivity contribution is 5.38. The van der Waals surface area contributed by atoms with Crippen LogP contribution in [-0.2, 0) is 6.42 Å². The second-order valence-corrected chi connectivity index (χ2v) is 6.75. The second kappa shape index (κ2) is 10.2. The van der Waals surface area contributed by atoms with E-state index < -0.39 is 6.36 Å². The number of hydrogen-bond donors (Lipinski definition) is 1. The quantitative estimate of drug-likeness (QED) is 0.493. The minimum atomic E-state index is -4.73. The minimum Gasteiger partial charge on any atom is -0.457 e. The van der Waals surface area contributed by atoms with Crippen molar-refractivity contribution >= 4 is 0 Å². The van der Waals surface area contributed by atoms with Crippen molar-refractivity contribution in [1.29, 1.82) is 0 Å². The van der Waals surface area contributed by atoms with Crippen LogP contribution in [0.3, 0.4) is 0 Å². The molecule has 1 N–H and O–H groups in total. The molecule has 2 aromatic carbocycles. The Kier molecular flexibility index (Phi) is 7.91. The maximum absolute atomic E-state index is 12.5. The minimum absolute atomic E-state index is 0.0419. The molecular weight excluding hydrogens is 407 g/mol. The number of nitrogens with one attached hydrogen (secondary N) is 1. The summed E-state index contributed by atoms with van der Waals surface area (Å²) in [4.78, 5) is 15.7. The number of ether oxygens (including phenoxy) is 2. The van der Waals surface area contributed by atoms with Gasteiger partial charge < -0.3 is 14.5 Å². The maximum atomic E-state index is 12.5. The molecule has 166 valence electrons. The predicted octanol–water partition coefficient (Wildman–Crippen LogP) is 6.61. The van der Waals surface area contributed by atoms with E-state index in [4.69, 9.17) is 4.74 Å². The van der Waals surface area contributed by atoms with E-state index >= 15 is 0 Å². The van der Waals surface area contributed by atoms with Gasteiger partial charge >= 0.3 is 6.36 Å². The van der Waals surface area contributed by atoms with Crippen molar-refractivity contribution in [1.82, 2.24) is 4.98 Å². The van der Waals surface area contributed by atoms with Gasteiger partial charge in [-0.1, -0.05) is 26.0 Å². The Balaban J connectivity index is 0.00000166. The Morgan fingerprint density at radius 3 is 1.81 bits per heavy atom. The van der Waals surface area contributed by atoms with Crippen molar-refractivity contribution in [2.75, 3.05) is 0 Å². The van der Waals surface area contributed by atoms with Gasteiger partial charge in [0.25, 0.3) is 0 Å². The number of rotatable bonds is 5. The molecule has 4 nitrogen and oxygen atoms in total. The Morgan fingerprint density at radius 2 is 1.29 bits per heavy atom. The third-order valence-electron chi connectivity index (χ3n) is 4.60. The van der Waals surface area contributed by atoms with Crippen molar-refractivity contribution in [3.8, 4) is 17.2 Å². The first-order valence-corrected chi connectivity index (χ1v) is 9.94. The number of halogens is 3. The highest BCUT2D eigenvalue weighted by atomic mass is 19.4. The first-order valence-electron chi connectivity index (χ1n) is 9.94. The van der Waals surface area contributed by atoms with E-state index in [1.807, 2.05) is 39.8 Å². The largest absolute Gasteiger partial charge is 0.573 e. The Hall–Kier alpha value is -3.22. The number of H-pyrrole nitrogens is 1. The van der Waals surface area contributed by atoms with Crippen molar-refractivity contribution < 1.29 is 22.6 Å². The monoisotopic (exact) mass is 433 g/mol. The van der Waals surface area contributed by atoms with Crippen LogP contribution in [-0.4, -0.2) is 11.3 Å². The van der Waals surface area contributed by atoms with E-state index in [0.29, 0.717) is 23.5 Å². The zero-order chi connectivity index (χ0) is 23.2. The van der Waals surface area contributed by atoms with Crippen molar-refractivity contribution in [2.45, 2.75) is 47.4 Å². The Morgan fingerprint density at radius 1 is 0.806 bits per heavy atom. The van der Waals surface area contributed by atoms with Gasteiger partial charge in [-0.15, -0.1) is 13.2 Å². The van der Waals surface area contributed by atoms with Crippen LogP contribution in [0.15, 0.2) is 53.3 Å². The van der Waals surface area contributed by atoms with Gasteiger partial charge in [-0.2, -0.15) is 0 Å². The van der Waals surface area contributed by atoms with Crippen LogP contribution in [0.1, 0.15) is 41.9 Å². The number of aromatic nitrogens is 1. The number of alkyl halides is 3. The van der Waals surface area contributed by atoms with Gasteiger partial charge in [-0.3, -0.25) is 4.79 Å². The number of aromatic amines is 1. The molecule has 0 bridgehead atoms. The summed E-state index contributed by atoms with van der Waals surface area (Å²) in [5.41, 5.74) is 4.14. The van der Waals surface area contributed by atoms with E-state index in [0.717, 1.165) is 22.5 Å². The van der Waals surface area contributed by atoms with Gasteiger partial charge in [0.05, 0.1) is 0 Å². The molecule has 0 saturated heterocycles. The first-order chi connectivity index (χ1) is 14.6. The molecule has 0 spiro atoms. The molecule has 0 radical (unpaired) electrons. The summed E-state index contributed by atoms with van der Waals surface area (Å²) in [5, 5.41) is 0. The number of aryl methyl sites for hydroxylation is 2. The fourth-order valence-electron chi connectivity index (χ4n) is 2.96. The summed E-state index contributed by atoms with van der Waals surface area (Å²) in [6.07, 6.45) is -4.24. The molecule has 7 heteroatoms. The van der Waals surface area contributed by atoms with E-state index in [1.54, 1.807) is 19.1 Å². The lowest BCUT2D eigenvalue weighted by atomic mass is 10.0. The van der Waals surface area contributed by atoms with E-state index in [9.17, 15) is 18.0 Å². The average Bonchev–Trinajstić information content (AvgIpc) is 2.73. The molecule has 0 unspecified atom stereocenters. The van der Waals surface area contributed by atoms with Gasteiger partial charge in [-0.05, 0) is 62.7 Å². The van der Waals surface area contributed by atoms with Crippen LogP contribution in [0.5, 0.6) is 17.2 Å². The summed E-state index contributed by atoms with van der Waals surface area (Å²) in [7, 11) is 0.